The van der Waals surface area contributed by atoms with E-state index < -0.39 is 0 Å². The average Bonchev–Trinajstić information content (AvgIpc) is 2.74. The first-order chi connectivity index (χ1) is 8.97. The summed E-state index contributed by atoms with van der Waals surface area (Å²) in [5, 5.41) is 4.68. The molecule has 6 heteroatoms. The third-order valence-corrected chi connectivity index (χ3v) is 3.13. The van der Waals surface area contributed by atoms with Crippen LogP contribution in [0.15, 0.2) is 28.8 Å². The maximum atomic E-state index is 12.2. The summed E-state index contributed by atoms with van der Waals surface area (Å²) in [6.45, 7) is 2.16. The number of nitrogens with zero attached hydrogens (tertiary/aromatic N) is 2. The van der Waals surface area contributed by atoms with Gasteiger partial charge in [0.1, 0.15) is 11.5 Å². The van der Waals surface area contributed by atoms with Gasteiger partial charge in [0.25, 0.3) is 5.91 Å². The van der Waals surface area contributed by atoms with Crippen molar-refractivity contribution >= 4 is 29.1 Å². The Hall–Kier alpha value is -1.52. The van der Waals surface area contributed by atoms with Gasteiger partial charge >= 0.3 is 0 Å². The molecule has 0 saturated heterocycles. The van der Waals surface area contributed by atoms with Crippen molar-refractivity contribution in [2.24, 2.45) is 0 Å². The molecule has 1 aromatic carbocycles. The van der Waals surface area contributed by atoms with E-state index in [4.69, 9.17) is 27.7 Å². The molecule has 0 radical (unpaired) electrons. The summed E-state index contributed by atoms with van der Waals surface area (Å²) in [6.07, 6.45) is 0. The van der Waals surface area contributed by atoms with Gasteiger partial charge in [-0.05, 0) is 25.1 Å². The van der Waals surface area contributed by atoms with Crippen molar-refractivity contribution in [2.45, 2.75) is 13.5 Å². The van der Waals surface area contributed by atoms with E-state index in [1.54, 1.807) is 38.2 Å². The van der Waals surface area contributed by atoms with Crippen molar-refractivity contribution < 1.29 is 9.32 Å². The minimum absolute atomic E-state index is 0.192. The molecule has 0 aliphatic rings. The number of aromatic nitrogens is 1. The highest BCUT2D eigenvalue weighted by molar-refractivity contribution is 6.36. The Morgan fingerprint density at radius 3 is 2.68 bits per heavy atom. The second-order valence-electron chi connectivity index (χ2n) is 4.21. The molecule has 100 valence electrons. The van der Waals surface area contributed by atoms with Gasteiger partial charge in [-0.25, -0.2) is 0 Å². The summed E-state index contributed by atoms with van der Waals surface area (Å²) >= 11 is 11.8. The van der Waals surface area contributed by atoms with Gasteiger partial charge in [-0.1, -0.05) is 28.4 Å². The molecular formula is C13H12Cl2N2O2. The Balaban J connectivity index is 2.14. The Morgan fingerprint density at radius 2 is 2.11 bits per heavy atom. The minimum atomic E-state index is -0.192. The predicted octanol–water partition coefficient (Wildman–Crippen LogP) is 3.56. The van der Waals surface area contributed by atoms with Gasteiger partial charge in [-0.15, -0.1) is 0 Å². The minimum Gasteiger partial charge on any atom is -0.361 e. The van der Waals surface area contributed by atoms with Crippen LogP contribution in [0.2, 0.25) is 10.0 Å². The highest BCUT2D eigenvalue weighted by atomic mass is 35.5. The fourth-order valence-electron chi connectivity index (χ4n) is 1.68. The molecule has 1 heterocycles. The van der Waals surface area contributed by atoms with Crippen molar-refractivity contribution in [1.29, 1.82) is 0 Å². The number of hydrogen-bond donors (Lipinski definition) is 0. The molecule has 0 spiro atoms. The monoisotopic (exact) mass is 298 g/mol. The van der Waals surface area contributed by atoms with Crippen LogP contribution in [-0.2, 0) is 6.54 Å². The van der Waals surface area contributed by atoms with E-state index in [-0.39, 0.29) is 5.91 Å². The lowest BCUT2D eigenvalue weighted by atomic mass is 10.2. The number of benzene rings is 1. The van der Waals surface area contributed by atoms with Crippen molar-refractivity contribution in [1.82, 2.24) is 10.1 Å². The highest BCUT2D eigenvalue weighted by Gasteiger charge is 2.16. The quantitative estimate of drug-likeness (QED) is 0.870. The molecule has 1 amide bonds. The number of rotatable bonds is 3. The summed E-state index contributed by atoms with van der Waals surface area (Å²) in [7, 11) is 1.68. The molecule has 2 aromatic rings. The van der Waals surface area contributed by atoms with Gasteiger partial charge in [0.2, 0.25) is 0 Å². The number of carbonyl (C=O) groups is 1. The van der Waals surface area contributed by atoms with Crippen molar-refractivity contribution in [2.75, 3.05) is 7.05 Å². The molecule has 0 unspecified atom stereocenters. The molecule has 0 saturated carbocycles. The van der Waals surface area contributed by atoms with Crippen LogP contribution >= 0.6 is 23.2 Å². The van der Waals surface area contributed by atoms with Gasteiger partial charge in [0.05, 0.1) is 17.1 Å². The van der Waals surface area contributed by atoms with E-state index >= 15 is 0 Å². The molecule has 0 fully saturated rings. The van der Waals surface area contributed by atoms with E-state index in [2.05, 4.69) is 5.16 Å². The van der Waals surface area contributed by atoms with Crippen LogP contribution < -0.4 is 0 Å². The lowest BCUT2D eigenvalue weighted by Crippen LogP contribution is -2.26. The largest absolute Gasteiger partial charge is 0.361 e. The Labute approximate surface area is 120 Å². The second-order valence-corrected chi connectivity index (χ2v) is 5.06. The maximum absolute atomic E-state index is 12.2. The van der Waals surface area contributed by atoms with E-state index in [9.17, 15) is 4.79 Å². The third kappa shape index (κ3) is 3.28. The van der Waals surface area contributed by atoms with Crippen LogP contribution in [0.25, 0.3) is 0 Å². The first-order valence-electron chi connectivity index (χ1n) is 5.60. The second kappa shape index (κ2) is 5.63. The number of amides is 1. The standard InChI is InChI=1S/C13H12Cl2N2O2/c1-8-5-10(16-19-8)7-17(2)13(18)11-4-3-9(14)6-12(11)15/h3-6H,7H2,1-2H3. The number of hydrogen-bond acceptors (Lipinski definition) is 3. The Bertz CT molecular complexity index is 610. The van der Waals surface area contributed by atoms with E-state index in [0.717, 1.165) is 0 Å². The van der Waals surface area contributed by atoms with Crippen LogP contribution in [0.1, 0.15) is 21.8 Å². The first kappa shape index (κ1) is 13.9. The van der Waals surface area contributed by atoms with Crippen LogP contribution in [-0.4, -0.2) is 23.0 Å². The molecule has 0 bridgehead atoms. The highest BCUT2D eigenvalue weighted by Crippen LogP contribution is 2.22. The number of aryl methyl sites for hydroxylation is 1. The molecule has 19 heavy (non-hydrogen) atoms. The van der Waals surface area contributed by atoms with Crippen LogP contribution in [0, 0.1) is 6.92 Å². The summed E-state index contributed by atoms with van der Waals surface area (Å²) in [4.78, 5) is 13.7. The van der Waals surface area contributed by atoms with Crippen molar-refractivity contribution in [3.63, 3.8) is 0 Å². The van der Waals surface area contributed by atoms with Gasteiger partial charge in [0, 0.05) is 18.1 Å². The summed E-state index contributed by atoms with van der Waals surface area (Å²) < 4.78 is 4.96. The molecule has 0 atom stereocenters. The SMILES string of the molecule is Cc1cc(CN(C)C(=O)c2ccc(Cl)cc2Cl)no1. The zero-order valence-corrected chi connectivity index (χ0v) is 12.0. The number of halogens is 2. The smallest absolute Gasteiger partial charge is 0.255 e. The molecule has 4 nitrogen and oxygen atoms in total. The lowest BCUT2D eigenvalue weighted by Gasteiger charge is -2.16. The zero-order chi connectivity index (χ0) is 14.0. The maximum Gasteiger partial charge on any atom is 0.255 e. The van der Waals surface area contributed by atoms with E-state index in [0.29, 0.717) is 33.6 Å². The topological polar surface area (TPSA) is 46.3 Å². The van der Waals surface area contributed by atoms with Gasteiger partial charge in [-0.2, -0.15) is 0 Å². The van der Waals surface area contributed by atoms with Gasteiger partial charge in [-0.3, -0.25) is 4.79 Å². The fourth-order valence-corrected chi connectivity index (χ4v) is 2.17. The van der Waals surface area contributed by atoms with Gasteiger partial charge in [0.15, 0.2) is 0 Å². The molecule has 2 rings (SSSR count). The molecule has 0 aliphatic carbocycles. The molecule has 0 aliphatic heterocycles. The van der Waals surface area contributed by atoms with Crippen LogP contribution in [0.5, 0.6) is 0 Å². The van der Waals surface area contributed by atoms with Gasteiger partial charge < -0.3 is 9.42 Å². The lowest BCUT2D eigenvalue weighted by molar-refractivity contribution is 0.0782. The number of carbonyl (C=O) groups excluding carboxylic acids is 1. The molecular weight excluding hydrogens is 287 g/mol. The fraction of sp³-hybridized carbons (Fsp3) is 0.231. The van der Waals surface area contributed by atoms with Crippen LogP contribution in [0.3, 0.4) is 0 Å². The Morgan fingerprint density at radius 1 is 1.37 bits per heavy atom. The summed E-state index contributed by atoms with van der Waals surface area (Å²) in [6, 6.07) is 6.57. The predicted molar refractivity (Wildman–Crippen MR) is 73.5 cm³/mol. The van der Waals surface area contributed by atoms with Crippen LogP contribution in [0.4, 0.5) is 0 Å². The third-order valence-electron chi connectivity index (χ3n) is 2.58. The summed E-state index contributed by atoms with van der Waals surface area (Å²) in [5.41, 5.74) is 1.10. The average molecular weight is 299 g/mol. The molecule has 1 aromatic heterocycles. The zero-order valence-electron chi connectivity index (χ0n) is 10.5. The normalized spacial score (nSPS) is 10.5. The van der Waals surface area contributed by atoms with Crippen molar-refractivity contribution in [3.8, 4) is 0 Å². The first-order valence-corrected chi connectivity index (χ1v) is 6.35. The van der Waals surface area contributed by atoms with E-state index in [1.807, 2.05) is 0 Å². The van der Waals surface area contributed by atoms with Crippen molar-refractivity contribution in [3.05, 3.63) is 51.3 Å². The summed E-state index contributed by atoms with van der Waals surface area (Å²) in [5.74, 6) is 0.516. The molecule has 0 N–H and O–H groups in total. The Kier molecular flexibility index (Phi) is 4.12. The van der Waals surface area contributed by atoms with E-state index in [1.165, 1.54) is 4.90 Å².